The summed E-state index contributed by atoms with van der Waals surface area (Å²) in [6, 6.07) is 0. The van der Waals surface area contributed by atoms with Crippen LogP contribution in [0.3, 0.4) is 0 Å². The summed E-state index contributed by atoms with van der Waals surface area (Å²) in [4.78, 5) is 11.9. The molecule has 0 spiro atoms. The lowest BCUT2D eigenvalue weighted by Crippen LogP contribution is -2.55. The maximum absolute atomic E-state index is 11.9. The summed E-state index contributed by atoms with van der Waals surface area (Å²) in [5.74, 6) is 0.688. The van der Waals surface area contributed by atoms with Crippen molar-refractivity contribution in [3.63, 3.8) is 0 Å². The first-order chi connectivity index (χ1) is 9.10. The lowest BCUT2D eigenvalue weighted by molar-refractivity contribution is -0.152. The van der Waals surface area contributed by atoms with E-state index in [1.807, 2.05) is 0 Å². The molecule has 2 N–H and O–H groups in total. The molecule has 0 radical (unpaired) electrons. The van der Waals surface area contributed by atoms with E-state index in [1.54, 1.807) is 0 Å². The molecule has 2 aliphatic carbocycles. The molecular weight excluding hydrogens is 242 g/mol. The maximum atomic E-state index is 11.9. The number of rotatable bonds is 6. The highest BCUT2D eigenvalue weighted by Crippen LogP contribution is 2.40. The molecule has 19 heavy (non-hydrogen) atoms. The number of carbonyl (C=O) groups is 1. The predicted molar refractivity (Wildman–Crippen MR) is 73.6 cm³/mol. The molecule has 2 aliphatic rings. The van der Waals surface area contributed by atoms with Gasteiger partial charge in [-0.25, -0.2) is 4.79 Å². The predicted octanol–water partition coefficient (Wildman–Crippen LogP) is 2.25. The average molecular weight is 269 g/mol. The van der Waals surface area contributed by atoms with Crippen molar-refractivity contribution in [3.8, 4) is 0 Å². The summed E-state index contributed by atoms with van der Waals surface area (Å²) in [6.45, 7) is 2.55. The van der Waals surface area contributed by atoms with Crippen molar-refractivity contribution in [2.45, 2.75) is 63.5 Å². The highest BCUT2D eigenvalue weighted by molar-refractivity contribution is 5.81. The second-order valence-corrected chi connectivity index (χ2v) is 6.18. The van der Waals surface area contributed by atoms with Gasteiger partial charge < -0.3 is 15.2 Å². The van der Waals surface area contributed by atoms with Crippen LogP contribution in [0.4, 0.5) is 0 Å². The summed E-state index contributed by atoms with van der Waals surface area (Å²) < 4.78 is 10.8. The lowest BCUT2D eigenvalue weighted by Gasteiger charge is -2.32. The Morgan fingerprint density at radius 1 is 1.32 bits per heavy atom. The van der Waals surface area contributed by atoms with Gasteiger partial charge in [-0.1, -0.05) is 26.2 Å². The lowest BCUT2D eigenvalue weighted by atomic mass is 9.85. The van der Waals surface area contributed by atoms with Crippen LogP contribution in [-0.4, -0.2) is 31.3 Å². The van der Waals surface area contributed by atoms with E-state index >= 15 is 0 Å². The van der Waals surface area contributed by atoms with E-state index in [2.05, 4.69) is 6.92 Å². The average Bonchev–Trinajstić information content (AvgIpc) is 3.29. The second-order valence-electron chi connectivity index (χ2n) is 6.18. The van der Waals surface area contributed by atoms with Crippen LogP contribution >= 0.6 is 0 Å². The van der Waals surface area contributed by atoms with Crippen LogP contribution in [0.2, 0.25) is 0 Å². The van der Waals surface area contributed by atoms with Crippen LogP contribution in [0.5, 0.6) is 0 Å². The summed E-state index contributed by atoms with van der Waals surface area (Å²) in [5.41, 5.74) is 5.32. The second kappa shape index (κ2) is 6.23. The summed E-state index contributed by atoms with van der Waals surface area (Å²) >= 11 is 0. The van der Waals surface area contributed by atoms with Crippen LogP contribution in [-0.2, 0) is 14.3 Å². The zero-order valence-electron chi connectivity index (χ0n) is 12.2. The normalized spacial score (nSPS) is 30.7. The Morgan fingerprint density at radius 2 is 2.05 bits per heavy atom. The van der Waals surface area contributed by atoms with Gasteiger partial charge in [-0.15, -0.1) is 0 Å². The first-order valence-corrected chi connectivity index (χ1v) is 7.59. The van der Waals surface area contributed by atoms with Gasteiger partial charge >= 0.3 is 5.97 Å². The van der Waals surface area contributed by atoms with Gasteiger partial charge in [0, 0.05) is 0 Å². The molecule has 3 atom stereocenters. The molecule has 0 aliphatic heterocycles. The third-order valence-corrected chi connectivity index (χ3v) is 4.74. The molecule has 2 saturated carbocycles. The fourth-order valence-corrected chi connectivity index (χ4v) is 3.15. The summed E-state index contributed by atoms with van der Waals surface area (Å²) in [7, 11) is 1.40. The van der Waals surface area contributed by atoms with Crippen molar-refractivity contribution in [2.75, 3.05) is 13.7 Å². The molecule has 4 nitrogen and oxygen atoms in total. The molecule has 0 aromatic rings. The van der Waals surface area contributed by atoms with Crippen molar-refractivity contribution in [2.24, 2.45) is 17.6 Å². The number of carbonyl (C=O) groups excluding carboxylic acids is 1. The number of hydrogen-bond acceptors (Lipinski definition) is 4. The smallest absolute Gasteiger partial charge is 0.328 e. The fraction of sp³-hybridized carbons (Fsp3) is 0.933. The first-order valence-electron chi connectivity index (χ1n) is 7.59. The molecule has 110 valence electrons. The highest BCUT2D eigenvalue weighted by atomic mass is 16.5. The van der Waals surface area contributed by atoms with E-state index in [4.69, 9.17) is 15.2 Å². The Labute approximate surface area is 116 Å². The Hall–Kier alpha value is -0.610. The minimum absolute atomic E-state index is 0.241. The van der Waals surface area contributed by atoms with Gasteiger partial charge in [0.25, 0.3) is 0 Å². The quantitative estimate of drug-likeness (QED) is 0.751. The zero-order chi connectivity index (χ0) is 13.9. The van der Waals surface area contributed by atoms with Gasteiger partial charge in [0.05, 0.1) is 19.8 Å². The van der Waals surface area contributed by atoms with Crippen molar-refractivity contribution < 1.29 is 14.3 Å². The Morgan fingerprint density at radius 3 is 2.63 bits per heavy atom. The molecule has 2 rings (SSSR count). The van der Waals surface area contributed by atoms with E-state index in [-0.39, 0.29) is 18.0 Å². The van der Waals surface area contributed by atoms with Gasteiger partial charge in [0.15, 0.2) is 0 Å². The van der Waals surface area contributed by atoms with Crippen LogP contribution in [0, 0.1) is 11.8 Å². The first kappa shape index (κ1) is 14.8. The van der Waals surface area contributed by atoms with Crippen LogP contribution < -0.4 is 5.73 Å². The molecule has 0 amide bonds. The number of hydrogen-bond donors (Lipinski definition) is 1. The molecule has 0 bridgehead atoms. The van der Waals surface area contributed by atoms with Crippen LogP contribution in [0.25, 0.3) is 0 Å². The number of esters is 1. The largest absolute Gasteiger partial charge is 0.468 e. The third-order valence-electron chi connectivity index (χ3n) is 4.74. The van der Waals surface area contributed by atoms with E-state index < -0.39 is 5.54 Å². The highest BCUT2D eigenvalue weighted by Gasteiger charge is 2.49. The van der Waals surface area contributed by atoms with Gasteiger partial charge in [-0.2, -0.15) is 0 Å². The Kier molecular flexibility index (Phi) is 4.85. The molecule has 0 aromatic heterocycles. The van der Waals surface area contributed by atoms with Crippen molar-refractivity contribution in [1.82, 2.24) is 0 Å². The van der Waals surface area contributed by atoms with E-state index in [1.165, 1.54) is 26.4 Å². The van der Waals surface area contributed by atoms with Crippen molar-refractivity contribution >= 4 is 5.97 Å². The monoisotopic (exact) mass is 269 g/mol. The molecule has 2 fully saturated rings. The van der Waals surface area contributed by atoms with E-state index in [0.29, 0.717) is 6.61 Å². The molecular formula is C15H27NO3. The molecule has 3 unspecified atom stereocenters. The minimum atomic E-state index is -0.923. The van der Waals surface area contributed by atoms with Gasteiger partial charge in [0.2, 0.25) is 0 Å². The topological polar surface area (TPSA) is 61.5 Å². The van der Waals surface area contributed by atoms with Crippen molar-refractivity contribution in [1.29, 1.82) is 0 Å². The van der Waals surface area contributed by atoms with Gasteiger partial charge in [-0.05, 0) is 37.5 Å². The third kappa shape index (κ3) is 3.48. The number of methoxy groups -OCH3 is 1. The van der Waals surface area contributed by atoms with E-state index in [0.717, 1.165) is 31.6 Å². The zero-order valence-corrected chi connectivity index (χ0v) is 12.2. The number of nitrogens with two attached hydrogens (primary N) is 1. The number of ether oxygens (including phenoxy) is 2. The minimum Gasteiger partial charge on any atom is -0.468 e. The standard InChI is InChI=1S/C15H27NO3/c1-3-11-5-4-6-13(9-11)19-10-15(16,12-7-8-12)14(17)18-2/h11-13H,3-10,16H2,1-2H3. The molecule has 4 heteroatoms. The summed E-state index contributed by atoms with van der Waals surface area (Å²) in [6.07, 6.45) is 8.25. The fourth-order valence-electron chi connectivity index (χ4n) is 3.15. The van der Waals surface area contributed by atoms with E-state index in [9.17, 15) is 4.79 Å². The van der Waals surface area contributed by atoms with Crippen LogP contribution in [0.15, 0.2) is 0 Å². The summed E-state index contributed by atoms with van der Waals surface area (Å²) in [5, 5.41) is 0. The Balaban J connectivity index is 1.86. The maximum Gasteiger partial charge on any atom is 0.328 e. The molecule has 0 aromatic carbocycles. The molecule has 0 heterocycles. The molecule has 0 saturated heterocycles. The van der Waals surface area contributed by atoms with Crippen molar-refractivity contribution in [3.05, 3.63) is 0 Å². The van der Waals surface area contributed by atoms with Gasteiger partial charge in [-0.3, -0.25) is 0 Å². The SMILES string of the molecule is CCC1CCCC(OCC(N)(C(=O)OC)C2CC2)C1. The van der Waals surface area contributed by atoms with Crippen LogP contribution in [0.1, 0.15) is 51.9 Å². The van der Waals surface area contributed by atoms with Gasteiger partial charge in [0.1, 0.15) is 5.54 Å². The Bertz CT molecular complexity index is 317.